The highest BCUT2D eigenvalue weighted by Gasteiger charge is 2.30. The van der Waals surface area contributed by atoms with Crippen molar-refractivity contribution in [2.75, 3.05) is 39.6 Å². The Hall–Kier alpha value is -5.84. The van der Waals surface area contributed by atoms with Crippen molar-refractivity contribution in [1.29, 1.82) is 0 Å². The Morgan fingerprint density at radius 1 is 0.264 bits per heavy atom. The Morgan fingerprint density at radius 2 is 0.491 bits per heavy atom. The Kier molecular flexibility index (Phi) is 76.9. The summed E-state index contributed by atoms with van der Waals surface area (Å²) in [5.74, 6) is -2.34. The van der Waals surface area contributed by atoms with Crippen molar-refractivity contribution in [2.24, 2.45) is 0 Å². The molecule has 110 heavy (non-hydrogen) atoms. The zero-order chi connectivity index (χ0) is 80.3. The fraction of sp³-hybridized carbons (Fsp3) is 0.626. The molecule has 19 heteroatoms. The lowest BCUT2D eigenvalue weighted by atomic mass is 10.0. The smallest absolute Gasteiger partial charge is 0.462 e. The maximum atomic E-state index is 13.1. The van der Waals surface area contributed by atoms with Crippen LogP contribution in [0, 0.1) is 0 Å². The summed E-state index contributed by atoms with van der Waals surface area (Å²) in [6.45, 7) is 4.39. The molecule has 0 saturated heterocycles. The first-order valence-corrected chi connectivity index (χ1v) is 45.0. The molecule has 0 aromatic carbocycles. The summed E-state index contributed by atoms with van der Waals surface area (Å²) >= 11 is 0. The fourth-order valence-corrected chi connectivity index (χ4v) is 12.2. The van der Waals surface area contributed by atoms with E-state index in [9.17, 15) is 43.2 Å². The number of phosphoric acid groups is 2. The standard InChI is InChI=1S/C91H148O17P2/c1-5-9-13-17-21-25-29-33-37-40-42-45-48-51-55-59-63-67-71-75-88(93)101-81-86(107-90(95)77-73-69-65-61-57-53-47-36-32-28-24-20-16-12-8-4)83-105-109(97,98)103-79-85(92)80-104-110(99,100)106-84-87(108-91(96)78-74-70-66-62-58-54-50-44-39-35-31-27-23-19-15-11-7-3)82-102-89(94)76-72-68-64-60-56-52-49-46-43-41-38-34-30-26-22-18-14-10-6-2/h9-11,13-15,21-23,25-27,33-35,37-39,42-43,45-46,50-52,54-56,63,67,85-87,92H,5-8,12,16-20,24,28-32,36,40-41,44,47-49,53,57-62,64-66,68-84H2,1-4H3,(H,97,98)(H,99,100)/b13-9-,14-10-,15-11-,25-21-,26-22-,27-23-,37-33-,38-34-,39-35-,45-42-,46-43-,54-50-,55-51-,56-52-,67-63-. The van der Waals surface area contributed by atoms with E-state index >= 15 is 0 Å². The average molecular weight is 1580 g/mol. The Morgan fingerprint density at radius 3 is 0.791 bits per heavy atom. The summed E-state index contributed by atoms with van der Waals surface area (Å²) in [5, 5.41) is 10.7. The molecule has 0 spiro atoms. The number of carbonyl (C=O) groups is 4. The van der Waals surface area contributed by atoms with Crippen molar-refractivity contribution in [1.82, 2.24) is 0 Å². The van der Waals surface area contributed by atoms with Gasteiger partial charge in [-0.25, -0.2) is 9.13 Å². The number of hydrogen-bond acceptors (Lipinski definition) is 15. The molecule has 0 heterocycles. The third-order valence-corrected chi connectivity index (χ3v) is 18.8. The van der Waals surface area contributed by atoms with Gasteiger partial charge in [0.1, 0.15) is 19.3 Å². The molecule has 624 valence electrons. The topological polar surface area (TPSA) is 237 Å². The number of hydrogen-bond donors (Lipinski definition) is 3. The van der Waals surface area contributed by atoms with Crippen LogP contribution in [0.4, 0.5) is 0 Å². The number of carbonyl (C=O) groups excluding carboxylic acids is 4. The highest BCUT2D eigenvalue weighted by Crippen LogP contribution is 2.45. The van der Waals surface area contributed by atoms with Crippen LogP contribution < -0.4 is 0 Å². The third kappa shape index (κ3) is 80.2. The van der Waals surface area contributed by atoms with E-state index < -0.39 is 97.5 Å². The van der Waals surface area contributed by atoms with E-state index in [0.717, 1.165) is 161 Å². The van der Waals surface area contributed by atoms with Crippen molar-refractivity contribution in [3.63, 3.8) is 0 Å². The summed E-state index contributed by atoms with van der Waals surface area (Å²) in [7, 11) is -10.0. The SMILES string of the molecule is CC/C=C\C/C=C\C/C=C\C/C=C\C/C=C\C/C=C\CCC(=O)OCC(COP(=O)(O)OCC(O)COP(=O)(O)OCC(COC(=O)CCCCC/C=C\C/C=C\C/C=C\C/C=C\C/C=C\CC)OC(=O)CCCCCC/C=C\C/C=C\C/C=C\C/C=C\CC)OC(=O)CCCCCCCCCCCCCCCCC. The first-order valence-electron chi connectivity index (χ1n) is 42.0. The van der Waals surface area contributed by atoms with E-state index in [2.05, 4.69) is 192 Å². The largest absolute Gasteiger partial charge is 0.472 e. The van der Waals surface area contributed by atoms with Gasteiger partial charge >= 0.3 is 39.5 Å². The lowest BCUT2D eigenvalue weighted by Gasteiger charge is -2.21. The molecule has 3 N–H and O–H groups in total. The van der Waals surface area contributed by atoms with Gasteiger partial charge in [0, 0.05) is 25.7 Å². The monoisotopic (exact) mass is 1580 g/mol. The minimum absolute atomic E-state index is 0.0314. The van der Waals surface area contributed by atoms with Crippen LogP contribution >= 0.6 is 15.6 Å². The predicted molar refractivity (Wildman–Crippen MR) is 454 cm³/mol. The Bertz CT molecular complexity index is 2800. The van der Waals surface area contributed by atoms with Crippen LogP contribution in [0.25, 0.3) is 0 Å². The van der Waals surface area contributed by atoms with Gasteiger partial charge in [-0.05, 0) is 148 Å². The van der Waals surface area contributed by atoms with Crippen molar-refractivity contribution in [2.45, 2.75) is 329 Å². The highest BCUT2D eigenvalue weighted by molar-refractivity contribution is 7.47. The second-order valence-corrected chi connectivity index (χ2v) is 30.2. The molecule has 0 rings (SSSR count). The van der Waals surface area contributed by atoms with Crippen LogP contribution in [-0.4, -0.2) is 96.7 Å². The van der Waals surface area contributed by atoms with E-state index in [1.807, 2.05) is 18.2 Å². The Balaban J connectivity index is 5.50. The molecule has 17 nitrogen and oxygen atoms in total. The molecular formula is C91H148O17P2. The second-order valence-electron chi connectivity index (χ2n) is 27.3. The number of unbranched alkanes of at least 4 members (excludes halogenated alkanes) is 21. The summed E-state index contributed by atoms with van der Waals surface area (Å²) in [6.07, 6.45) is 98.7. The van der Waals surface area contributed by atoms with Gasteiger partial charge in [-0.15, -0.1) is 0 Å². The minimum atomic E-state index is -5.01. The zero-order valence-corrected chi connectivity index (χ0v) is 70.1. The number of aliphatic hydroxyl groups is 1. The molecular weight excluding hydrogens is 1430 g/mol. The molecule has 0 bridgehead atoms. The van der Waals surface area contributed by atoms with E-state index in [-0.39, 0.29) is 25.7 Å². The Labute approximate surface area is 666 Å². The normalized spacial score (nSPS) is 14.7. The fourth-order valence-electron chi connectivity index (χ4n) is 10.6. The molecule has 0 aliphatic carbocycles. The van der Waals surface area contributed by atoms with E-state index in [1.165, 1.54) is 64.2 Å². The van der Waals surface area contributed by atoms with Gasteiger partial charge in [-0.1, -0.05) is 319 Å². The van der Waals surface area contributed by atoms with Crippen LogP contribution in [0.1, 0.15) is 310 Å². The van der Waals surface area contributed by atoms with Crippen molar-refractivity contribution < 1.29 is 80.2 Å². The molecule has 0 fully saturated rings. The third-order valence-electron chi connectivity index (χ3n) is 16.9. The molecule has 0 aromatic rings. The lowest BCUT2D eigenvalue weighted by Crippen LogP contribution is -2.30. The molecule has 0 aromatic heterocycles. The first-order chi connectivity index (χ1) is 53.7. The highest BCUT2D eigenvalue weighted by atomic mass is 31.2. The average Bonchev–Trinajstić information content (AvgIpc) is 0.899. The first kappa shape index (κ1) is 104. The van der Waals surface area contributed by atoms with Crippen LogP contribution in [0.15, 0.2) is 182 Å². The van der Waals surface area contributed by atoms with Gasteiger partial charge in [0.05, 0.1) is 26.4 Å². The number of rotatable bonds is 77. The number of aliphatic hydroxyl groups excluding tert-OH is 1. The summed E-state index contributed by atoms with van der Waals surface area (Å²) < 4.78 is 68.7. The maximum absolute atomic E-state index is 13.1. The number of phosphoric ester groups is 2. The summed E-state index contributed by atoms with van der Waals surface area (Å²) in [6, 6.07) is 0. The van der Waals surface area contributed by atoms with Crippen molar-refractivity contribution in [3.8, 4) is 0 Å². The number of ether oxygens (including phenoxy) is 4. The van der Waals surface area contributed by atoms with Crippen LogP contribution in [0.3, 0.4) is 0 Å². The van der Waals surface area contributed by atoms with Gasteiger partial charge in [0.2, 0.25) is 0 Å². The van der Waals surface area contributed by atoms with Crippen LogP contribution in [-0.2, 0) is 65.4 Å². The number of allylic oxidation sites excluding steroid dienone is 30. The molecule has 5 unspecified atom stereocenters. The van der Waals surface area contributed by atoms with E-state index in [0.29, 0.717) is 32.1 Å². The predicted octanol–water partition coefficient (Wildman–Crippen LogP) is 25.1. The maximum Gasteiger partial charge on any atom is 0.472 e. The van der Waals surface area contributed by atoms with Gasteiger partial charge < -0.3 is 33.8 Å². The van der Waals surface area contributed by atoms with Gasteiger partial charge in [0.15, 0.2) is 12.2 Å². The molecule has 0 amide bonds. The molecule has 0 saturated carbocycles. The van der Waals surface area contributed by atoms with E-state index in [1.54, 1.807) is 0 Å². The summed E-state index contributed by atoms with van der Waals surface area (Å²) in [5.41, 5.74) is 0. The van der Waals surface area contributed by atoms with Crippen LogP contribution in [0.2, 0.25) is 0 Å². The van der Waals surface area contributed by atoms with Crippen molar-refractivity contribution >= 4 is 39.5 Å². The van der Waals surface area contributed by atoms with Gasteiger partial charge in [-0.2, -0.15) is 0 Å². The van der Waals surface area contributed by atoms with Crippen molar-refractivity contribution in [3.05, 3.63) is 182 Å². The molecule has 0 aliphatic heterocycles. The van der Waals surface area contributed by atoms with Crippen LogP contribution in [0.5, 0.6) is 0 Å². The van der Waals surface area contributed by atoms with E-state index in [4.69, 9.17) is 37.0 Å². The lowest BCUT2D eigenvalue weighted by molar-refractivity contribution is -0.161. The zero-order valence-electron chi connectivity index (χ0n) is 68.4. The van der Waals surface area contributed by atoms with Gasteiger partial charge in [0.25, 0.3) is 0 Å². The molecule has 0 radical (unpaired) electrons. The minimum Gasteiger partial charge on any atom is -0.462 e. The second kappa shape index (κ2) is 81.2. The molecule has 5 atom stereocenters. The number of esters is 4. The summed E-state index contributed by atoms with van der Waals surface area (Å²) in [4.78, 5) is 73.2. The molecule has 0 aliphatic rings. The quantitative estimate of drug-likeness (QED) is 0.0169. The van der Waals surface area contributed by atoms with Gasteiger partial charge in [-0.3, -0.25) is 37.3 Å².